The normalized spacial score (nSPS) is 16.6. The Hall–Kier alpha value is -0.840. The van der Waals surface area contributed by atoms with Crippen LogP contribution in [0.5, 0.6) is 0 Å². The van der Waals surface area contributed by atoms with Crippen molar-refractivity contribution >= 4 is 21.8 Å². The summed E-state index contributed by atoms with van der Waals surface area (Å²) in [6.45, 7) is 2.22. The average molecular weight is 286 g/mol. The fraction of sp³-hybridized carbons (Fsp3) is 0.636. The second-order valence-corrected chi connectivity index (χ2v) is 5.16. The van der Waals surface area contributed by atoms with Gasteiger partial charge in [-0.05, 0) is 35.7 Å². The van der Waals surface area contributed by atoms with Crippen molar-refractivity contribution in [3.05, 3.63) is 16.4 Å². The Kier molecular flexibility index (Phi) is 3.63. The molecule has 2 rings (SSSR count). The van der Waals surface area contributed by atoms with Crippen molar-refractivity contribution in [2.45, 2.75) is 45.2 Å². The van der Waals surface area contributed by atoms with Crippen LogP contribution in [0.2, 0.25) is 0 Å². The Bertz CT molecular complexity index is 363. The number of aromatic nitrogens is 2. The molecule has 0 saturated heterocycles. The lowest BCUT2D eigenvalue weighted by Crippen LogP contribution is -2.35. The number of nitrogens with zero attached hydrogens (tertiary/aromatic N) is 2. The van der Waals surface area contributed by atoms with Gasteiger partial charge < -0.3 is 5.32 Å². The lowest BCUT2D eigenvalue weighted by Gasteiger charge is -2.11. The van der Waals surface area contributed by atoms with Crippen LogP contribution in [-0.4, -0.2) is 21.7 Å². The summed E-state index contributed by atoms with van der Waals surface area (Å²) in [5.41, 5.74) is 0.911. The van der Waals surface area contributed by atoms with Gasteiger partial charge in [0.1, 0.15) is 6.54 Å². The minimum atomic E-state index is 0.0573. The molecule has 88 valence electrons. The molecular weight excluding hydrogens is 270 g/mol. The predicted octanol–water partition coefficient (Wildman–Crippen LogP) is 2.01. The quantitative estimate of drug-likeness (QED) is 0.924. The number of carbonyl (C=O) groups is 1. The first-order valence-electron chi connectivity index (χ1n) is 5.64. The van der Waals surface area contributed by atoms with Gasteiger partial charge in [0, 0.05) is 12.2 Å². The van der Waals surface area contributed by atoms with E-state index in [2.05, 4.69) is 26.3 Å². The second kappa shape index (κ2) is 4.99. The molecule has 16 heavy (non-hydrogen) atoms. The van der Waals surface area contributed by atoms with E-state index in [9.17, 15) is 4.79 Å². The van der Waals surface area contributed by atoms with Crippen molar-refractivity contribution in [3.63, 3.8) is 0 Å². The molecule has 1 N–H and O–H groups in total. The highest BCUT2D eigenvalue weighted by Crippen LogP contribution is 2.17. The van der Waals surface area contributed by atoms with Crippen LogP contribution in [-0.2, 0) is 11.3 Å². The van der Waals surface area contributed by atoms with Crippen LogP contribution < -0.4 is 5.32 Å². The minimum absolute atomic E-state index is 0.0573. The number of aryl methyl sites for hydroxylation is 1. The first-order chi connectivity index (χ1) is 7.65. The van der Waals surface area contributed by atoms with E-state index in [1.165, 1.54) is 12.8 Å². The Labute approximate surface area is 104 Å². The smallest absolute Gasteiger partial charge is 0.241 e. The molecule has 4 nitrogen and oxygen atoms in total. The zero-order valence-electron chi connectivity index (χ0n) is 9.37. The van der Waals surface area contributed by atoms with Gasteiger partial charge >= 0.3 is 0 Å². The van der Waals surface area contributed by atoms with Gasteiger partial charge in [0.25, 0.3) is 0 Å². The van der Waals surface area contributed by atoms with Crippen LogP contribution in [0.1, 0.15) is 31.4 Å². The molecule has 1 aliphatic carbocycles. The maximum atomic E-state index is 11.7. The second-order valence-electron chi connectivity index (χ2n) is 4.31. The van der Waals surface area contributed by atoms with E-state index >= 15 is 0 Å². The summed E-state index contributed by atoms with van der Waals surface area (Å²) in [7, 11) is 0. The topological polar surface area (TPSA) is 46.9 Å². The number of amides is 1. The van der Waals surface area contributed by atoms with E-state index in [1.54, 1.807) is 4.68 Å². The van der Waals surface area contributed by atoms with Crippen molar-refractivity contribution in [1.29, 1.82) is 0 Å². The summed E-state index contributed by atoms with van der Waals surface area (Å²) in [5, 5.41) is 7.27. The van der Waals surface area contributed by atoms with Gasteiger partial charge in [0.15, 0.2) is 0 Å². The zero-order valence-corrected chi connectivity index (χ0v) is 11.0. The Morgan fingerprint density at radius 2 is 2.31 bits per heavy atom. The third-order valence-electron chi connectivity index (χ3n) is 2.91. The summed E-state index contributed by atoms with van der Waals surface area (Å²) in [6.07, 6.45) is 6.54. The van der Waals surface area contributed by atoms with E-state index < -0.39 is 0 Å². The molecule has 5 heteroatoms. The van der Waals surface area contributed by atoms with E-state index in [4.69, 9.17) is 0 Å². The van der Waals surface area contributed by atoms with Crippen molar-refractivity contribution in [2.24, 2.45) is 0 Å². The molecule has 1 heterocycles. The number of hydrogen-bond acceptors (Lipinski definition) is 2. The number of halogens is 1. The third kappa shape index (κ3) is 2.84. The maximum absolute atomic E-state index is 11.7. The first-order valence-corrected chi connectivity index (χ1v) is 6.43. The van der Waals surface area contributed by atoms with Crippen LogP contribution in [0.3, 0.4) is 0 Å². The van der Waals surface area contributed by atoms with Gasteiger partial charge in [-0.3, -0.25) is 9.48 Å². The summed E-state index contributed by atoms with van der Waals surface area (Å²) in [6, 6.07) is 0.382. The van der Waals surface area contributed by atoms with Gasteiger partial charge in [-0.1, -0.05) is 12.8 Å². The Morgan fingerprint density at radius 1 is 1.62 bits per heavy atom. The van der Waals surface area contributed by atoms with Gasteiger partial charge in [0.2, 0.25) is 5.91 Å². The van der Waals surface area contributed by atoms with E-state index in [0.717, 1.165) is 23.0 Å². The number of hydrogen-bond donors (Lipinski definition) is 1. The Balaban J connectivity index is 1.86. The van der Waals surface area contributed by atoms with Crippen LogP contribution in [0.15, 0.2) is 10.7 Å². The molecule has 1 aromatic heterocycles. The highest BCUT2D eigenvalue weighted by molar-refractivity contribution is 9.10. The molecule has 0 aromatic carbocycles. The van der Waals surface area contributed by atoms with Crippen LogP contribution in [0.25, 0.3) is 0 Å². The highest BCUT2D eigenvalue weighted by Gasteiger charge is 2.17. The van der Waals surface area contributed by atoms with Crippen LogP contribution in [0, 0.1) is 6.92 Å². The lowest BCUT2D eigenvalue weighted by atomic mass is 10.2. The molecule has 1 aromatic rings. The van der Waals surface area contributed by atoms with Crippen molar-refractivity contribution in [3.8, 4) is 0 Å². The fourth-order valence-electron chi connectivity index (χ4n) is 2.07. The monoisotopic (exact) mass is 285 g/mol. The molecule has 0 aliphatic heterocycles. The van der Waals surface area contributed by atoms with Crippen molar-refractivity contribution in [2.75, 3.05) is 0 Å². The number of nitrogens with one attached hydrogen (secondary N) is 1. The molecule has 1 amide bonds. The molecule has 1 saturated carbocycles. The third-order valence-corrected chi connectivity index (χ3v) is 3.69. The predicted molar refractivity (Wildman–Crippen MR) is 65.1 cm³/mol. The standard InChI is InChI=1S/C11H16BrN3O/c1-8-10(12)6-15(14-8)7-11(16)13-9-4-2-3-5-9/h6,9H,2-5,7H2,1H3,(H,13,16). The molecule has 1 aliphatic rings. The number of rotatable bonds is 3. The fourth-order valence-corrected chi connectivity index (χ4v) is 2.38. The van der Waals surface area contributed by atoms with E-state index in [0.29, 0.717) is 12.6 Å². The largest absolute Gasteiger partial charge is 0.352 e. The maximum Gasteiger partial charge on any atom is 0.241 e. The summed E-state index contributed by atoms with van der Waals surface area (Å²) < 4.78 is 2.62. The Morgan fingerprint density at radius 3 is 2.88 bits per heavy atom. The van der Waals surface area contributed by atoms with Crippen LogP contribution >= 0.6 is 15.9 Å². The molecular formula is C11H16BrN3O. The van der Waals surface area contributed by atoms with E-state index in [-0.39, 0.29) is 5.91 Å². The first kappa shape index (κ1) is 11.6. The number of carbonyl (C=O) groups excluding carboxylic acids is 1. The minimum Gasteiger partial charge on any atom is -0.352 e. The molecule has 0 atom stereocenters. The lowest BCUT2D eigenvalue weighted by molar-refractivity contribution is -0.122. The summed E-state index contributed by atoms with van der Waals surface area (Å²) in [4.78, 5) is 11.7. The summed E-state index contributed by atoms with van der Waals surface area (Å²) >= 11 is 3.38. The zero-order chi connectivity index (χ0) is 11.5. The molecule has 1 fully saturated rings. The highest BCUT2D eigenvalue weighted by atomic mass is 79.9. The van der Waals surface area contributed by atoms with E-state index in [1.807, 2.05) is 13.1 Å². The SMILES string of the molecule is Cc1nn(CC(=O)NC2CCCC2)cc1Br. The van der Waals surface area contributed by atoms with Crippen molar-refractivity contribution < 1.29 is 4.79 Å². The van der Waals surface area contributed by atoms with Crippen LogP contribution in [0.4, 0.5) is 0 Å². The van der Waals surface area contributed by atoms with Gasteiger partial charge in [0.05, 0.1) is 10.2 Å². The molecule has 0 bridgehead atoms. The van der Waals surface area contributed by atoms with Crippen molar-refractivity contribution in [1.82, 2.24) is 15.1 Å². The summed E-state index contributed by atoms with van der Waals surface area (Å²) in [5.74, 6) is 0.0573. The van der Waals surface area contributed by atoms with Gasteiger partial charge in [-0.2, -0.15) is 5.10 Å². The van der Waals surface area contributed by atoms with Gasteiger partial charge in [-0.15, -0.1) is 0 Å². The van der Waals surface area contributed by atoms with Gasteiger partial charge in [-0.25, -0.2) is 0 Å². The molecule has 0 unspecified atom stereocenters. The average Bonchev–Trinajstić information content (AvgIpc) is 2.78. The molecule has 0 spiro atoms. The molecule has 0 radical (unpaired) electrons.